The van der Waals surface area contributed by atoms with Crippen molar-refractivity contribution in [1.82, 2.24) is 10.6 Å². The van der Waals surface area contributed by atoms with Crippen LogP contribution in [-0.4, -0.2) is 55.6 Å². The summed E-state index contributed by atoms with van der Waals surface area (Å²) in [4.78, 5) is 35.2. The predicted molar refractivity (Wildman–Crippen MR) is 69.5 cm³/mol. The summed E-state index contributed by atoms with van der Waals surface area (Å²) in [7, 11) is 0. The fraction of sp³-hybridized carbons (Fsp3) is 0.583. The maximum absolute atomic E-state index is 12.0. The van der Waals surface area contributed by atoms with E-state index in [9.17, 15) is 14.4 Å². The third-order valence-corrected chi connectivity index (χ3v) is 3.60. The Labute approximate surface area is 136 Å². The van der Waals surface area contributed by atoms with E-state index in [0.29, 0.717) is 6.42 Å². The van der Waals surface area contributed by atoms with Crippen molar-refractivity contribution >= 4 is 55.6 Å². The molecule has 0 radical (unpaired) electrons. The van der Waals surface area contributed by atoms with E-state index in [1.807, 2.05) is 6.08 Å². The van der Waals surface area contributed by atoms with Gasteiger partial charge in [0.05, 0.1) is 0 Å². The van der Waals surface area contributed by atoms with Crippen molar-refractivity contribution in [3.63, 3.8) is 0 Å². The molecule has 1 fully saturated rings. The number of barbiturate groups is 1. The average Bonchev–Trinajstić information content (AvgIpc) is 2.30. The summed E-state index contributed by atoms with van der Waals surface area (Å²) < 4.78 is 0. The molecule has 0 spiro atoms. The second-order valence-electron chi connectivity index (χ2n) is 4.47. The van der Waals surface area contributed by atoms with Crippen molar-refractivity contribution in [3.05, 3.63) is 11.6 Å². The second-order valence-corrected chi connectivity index (χ2v) is 4.47. The normalized spacial score (nSPS) is 22.5. The van der Waals surface area contributed by atoms with Crippen molar-refractivity contribution < 1.29 is 14.4 Å². The first kappa shape index (κ1) is 15.7. The molecule has 0 aromatic carbocycles. The van der Waals surface area contributed by atoms with Crippen LogP contribution in [0.4, 0.5) is 4.79 Å². The van der Waals surface area contributed by atoms with Crippen LogP contribution in [0.2, 0.25) is 0 Å². The fourth-order valence-electron chi connectivity index (χ4n) is 2.62. The number of rotatable bonds is 2. The Morgan fingerprint density at radius 3 is 2.22 bits per heavy atom. The van der Waals surface area contributed by atoms with E-state index >= 15 is 0 Å². The van der Waals surface area contributed by atoms with Crippen LogP contribution in [-0.2, 0) is 9.59 Å². The molecule has 1 heterocycles. The van der Waals surface area contributed by atoms with Crippen molar-refractivity contribution in [1.29, 1.82) is 0 Å². The minimum atomic E-state index is -1.17. The number of hydrogen-bond acceptors (Lipinski definition) is 3. The van der Waals surface area contributed by atoms with E-state index in [1.54, 1.807) is 6.92 Å². The van der Waals surface area contributed by atoms with Gasteiger partial charge >= 0.3 is 43.8 Å². The molecule has 4 amide bonds. The zero-order chi connectivity index (χ0) is 12.5. The number of carbonyl (C=O) groups excluding carboxylic acids is 3. The summed E-state index contributed by atoms with van der Waals surface area (Å²) in [6.07, 6.45) is 6.08. The Balaban J connectivity index is 0.00000162. The summed E-state index contributed by atoms with van der Waals surface area (Å²) in [5.41, 5.74) is -0.317. The van der Waals surface area contributed by atoms with Crippen LogP contribution >= 0.6 is 0 Å². The number of amides is 4. The molecule has 0 saturated carbocycles. The van der Waals surface area contributed by atoms with Crippen LogP contribution in [0.1, 0.15) is 39.0 Å². The monoisotopic (exact) mass is 278 g/mol. The molecule has 0 atom stereocenters. The van der Waals surface area contributed by atoms with Crippen LogP contribution in [0.3, 0.4) is 0 Å². The van der Waals surface area contributed by atoms with Crippen molar-refractivity contribution in [3.8, 4) is 0 Å². The van der Waals surface area contributed by atoms with E-state index < -0.39 is 23.3 Å². The SMILES string of the molecule is CCC1(C2=CCCCC2)C(=O)NC(=O)NC1=O.[CaH2]. The predicted octanol–water partition coefficient (Wildman–Crippen LogP) is 0.333. The molecule has 96 valence electrons. The number of allylic oxidation sites excluding steroid dienone is 1. The van der Waals surface area contributed by atoms with Gasteiger partial charge in [-0.05, 0) is 37.7 Å². The first-order valence-electron chi connectivity index (χ1n) is 5.97. The molecule has 0 bridgehead atoms. The van der Waals surface area contributed by atoms with Gasteiger partial charge in [0.15, 0.2) is 0 Å². The third kappa shape index (κ3) is 2.49. The van der Waals surface area contributed by atoms with E-state index in [-0.39, 0.29) is 37.7 Å². The van der Waals surface area contributed by atoms with Gasteiger partial charge < -0.3 is 0 Å². The van der Waals surface area contributed by atoms with Crippen LogP contribution in [0.5, 0.6) is 0 Å². The number of hydrogen-bond donors (Lipinski definition) is 2. The van der Waals surface area contributed by atoms with Gasteiger partial charge in [-0.1, -0.05) is 13.0 Å². The molecule has 2 aliphatic rings. The van der Waals surface area contributed by atoms with Gasteiger partial charge in [0.2, 0.25) is 11.8 Å². The maximum atomic E-state index is 12.0. The molecular weight excluding hydrogens is 260 g/mol. The summed E-state index contributed by atoms with van der Waals surface area (Å²) in [5, 5.41) is 4.40. The molecule has 1 aliphatic heterocycles. The van der Waals surface area contributed by atoms with E-state index in [4.69, 9.17) is 0 Å². The van der Waals surface area contributed by atoms with Gasteiger partial charge in [0.25, 0.3) is 0 Å². The third-order valence-electron chi connectivity index (χ3n) is 3.60. The van der Waals surface area contributed by atoms with Crippen molar-refractivity contribution in [2.24, 2.45) is 5.41 Å². The van der Waals surface area contributed by atoms with Crippen LogP contribution in [0.25, 0.3) is 0 Å². The topological polar surface area (TPSA) is 75.3 Å². The van der Waals surface area contributed by atoms with E-state index in [0.717, 1.165) is 31.3 Å². The summed E-state index contributed by atoms with van der Waals surface area (Å²) in [5.74, 6) is -0.969. The molecule has 2 N–H and O–H groups in total. The Morgan fingerprint density at radius 2 is 1.78 bits per heavy atom. The Kier molecular flexibility index (Phi) is 5.37. The van der Waals surface area contributed by atoms with Gasteiger partial charge in [0.1, 0.15) is 5.41 Å². The molecule has 0 unspecified atom stereocenters. The molecule has 2 rings (SSSR count). The standard InChI is InChI=1S/C12H16N2O3.Ca.2H/c1-2-12(8-6-4-3-5-7-8)9(15)13-11(17)14-10(12)16;;;/h6H,2-5,7H2,1H3,(H2,13,14,15,16,17);;;. The Hall–Kier alpha value is -0.390. The second kappa shape index (κ2) is 6.17. The summed E-state index contributed by atoms with van der Waals surface area (Å²) >= 11 is 0. The zero-order valence-electron chi connectivity index (χ0n) is 9.84. The van der Waals surface area contributed by atoms with Crippen LogP contribution < -0.4 is 10.6 Å². The zero-order valence-corrected chi connectivity index (χ0v) is 9.84. The minimum absolute atomic E-state index is 0. The van der Waals surface area contributed by atoms with Crippen LogP contribution in [0.15, 0.2) is 11.6 Å². The quantitative estimate of drug-likeness (QED) is 0.434. The van der Waals surface area contributed by atoms with Crippen molar-refractivity contribution in [2.45, 2.75) is 39.0 Å². The molecule has 5 nitrogen and oxygen atoms in total. The Bertz CT molecular complexity index is 398. The first-order chi connectivity index (χ1) is 8.11. The molecular formula is C12H18CaN2O3. The van der Waals surface area contributed by atoms with E-state index in [1.165, 1.54) is 0 Å². The molecule has 18 heavy (non-hydrogen) atoms. The van der Waals surface area contributed by atoms with Gasteiger partial charge in [-0.3, -0.25) is 20.2 Å². The van der Waals surface area contributed by atoms with Crippen molar-refractivity contribution in [2.75, 3.05) is 0 Å². The van der Waals surface area contributed by atoms with Gasteiger partial charge in [-0.15, -0.1) is 0 Å². The Morgan fingerprint density at radius 1 is 1.17 bits per heavy atom. The number of imide groups is 2. The average molecular weight is 278 g/mol. The van der Waals surface area contributed by atoms with Gasteiger partial charge in [-0.2, -0.15) is 0 Å². The molecule has 1 aliphatic carbocycles. The summed E-state index contributed by atoms with van der Waals surface area (Å²) in [6, 6.07) is -0.722. The summed E-state index contributed by atoms with van der Waals surface area (Å²) in [6.45, 7) is 1.80. The van der Waals surface area contributed by atoms with E-state index in [2.05, 4.69) is 10.6 Å². The van der Waals surface area contributed by atoms with Gasteiger partial charge in [-0.25, -0.2) is 4.79 Å². The number of carbonyl (C=O) groups is 3. The molecule has 6 heteroatoms. The van der Waals surface area contributed by atoms with Crippen LogP contribution in [0, 0.1) is 5.41 Å². The molecule has 0 aromatic heterocycles. The fourth-order valence-corrected chi connectivity index (χ4v) is 2.62. The molecule has 0 aromatic rings. The first-order valence-corrected chi connectivity index (χ1v) is 5.97. The number of urea groups is 1. The van der Waals surface area contributed by atoms with Gasteiger partial charge in [0, 0.05) is 0 Å². The number of nitrogens with one attached hydrogen (secondary N) is 2. The molecule has 1 saturated heterocycles.